The summed E-state index contributed by atoms with van der Waals surface area (Å²) >= 11 is 0. The van der Waals surface area contributed by atoms with Gasteiger partial charge in [0.25, 0.3) is 0 Å². The molecule has 1 aromatic heterocycles. The maximum Gasteiger partial charge on any atom is 0.223 e. The number of rotatable bonds is 4. The van der Waals surface area contributed by atoms with E-state index in [1.807, 2.05) is 29.2 Å². The standard InChI is InChI=1S/C15H19N3O2/c19-10-11-4-3-9-18(11)15(20)8-7-14-16-12-5-1-2-6-13(12)17-14/h1-2,5-6,11,19H,3-4,7-10H2,(H,16,17)/t11-/m0/s1. The molecule has 1 fully saturated rings. The Kier molecular flexibility index (Phi) is 3.69. The highest BCUT2D eigenvalue weighted by molar-refractivity contribution is 5.78. The number of likely N-dealkylation sites (tertiary alicyclic amines) is 1. The van der Waals surface area contributed by atoms with Crippen LogP contribution in [-0.4, -0.2) is 45.1 Å². The molecule has 106 valence electrons. The fraction of sp³-hybridized carbons (Fsp3) is 0.467. The molecule has 0 spiro atoms. The van der Waals surface area contributed by atoms with E-state index in [4.69, 9.17) is 0 Å². The zero-order valence-electron chi connectivity index (χ0n) is 11.4. The molecule has 20 heavy (non-hydrogen) atoms. The molecule has 0 unspecified atom stereocenters. The Bertz CT molecular complexity index is 575. The van der Waals surface area contributed by atoms with Crippen molar-refractivity contribution >= 4 is 16.9 Å². The third-order valence-corrected chi connectivity index (χ3v) is 3.92. The quantitative estimate of drug-likeness (QED) is 0.886. The third kappa shape index (κ3) is 2.54. The van der Waals surface area contributed by atoms with E-state index >= 15 is 0 Å². The Morgan fingerprint density at radius 1 is 1.45 bits per heavy atom. The lowest BCUT2D eigenvalue weighted by Gasteiger charge is -2.22. The van der Waals surface area contributed by atoms with Gasteiger partial charge in [0.05, 0.1) is 23.7 Å². The second-order valence-corrected chi connectivity index (χ2v) is 5.27. The fourth-order valence-corrected chi connectivity index (χ4v) is 2.85. The summed E-state index contributed by atoms with van der Waals surface area (Å²) in [6.45, 7) is 0.834. The molecule has 1 aliphatic rings. The van der Waals surface area contributed by atoms with Gasteiger partial charge in [0.1, 0.15) is 5.82 Å². The van der Waals surface area contributed by atoms with Crippen LogP contribution in [0.4, 0.5) is 0 Å². The van der Waals surface area contributed by atoms with Crippen molar-refractivity contribution in [3.05, 3.63) is 30.1 Å². The zero-order valence-corrected chi connectivity index (χ0v) is 11.4. The van der Waals surface area contributed by atoms with Crippen LogP contribution in [0, 0.1) is 0 Å². The summed E-state index contributed by atoms with van der Waals surface area (Å²) in [6.07, 6.45) is 2.95. The van der Waals surface area contributed by atoms with Gasteiger partial charge in [0.15, 0.2) is 0 Å². The highest BCUT2D eigenvalue weighted by Crippen LogP contribution is 2.18. The number of imidazole rings is 1. The number of hydrogen-bond donors (Lipinski definition) is 2. The van der Waals surface area contributed by atoms with Crippen LogP contribution in [0.3, 0.4) is 0 Å². The number of hydrogen-bond acceptors (Lipinski definition) is 3. The number of H-pyrrole nitrogens is 1. The normalized spacial score (nSPS) is 18.9. The van der Waals surface area contributed by atoms with Gasteiger partial charge in [-0.15, -0.1) is 0 Å². The molecule has 1 aromatic carbocycles. The van der Waals surface area contributed by atoms with Crippen molar-refractivity contribution < 1.29 is 9.90 Å². The van der Waals surface area contributed by atoms with Crippen molar-refractivity contribution in [1.29, 1.82) is 0 Å². The van der Waals surface area contributed by atoms with Crippen molar-refractivity contribution in [3.8, 4) is 0 Å². The molecular weight excluding hydrogens is 254 g/mol. The minimum Gasteiger partial charge on any atom is -0.394 e. The van der Waals surface area contributed by atoms with E-state index in [9.17, 15) is 9.90 Å². The molecule has 0 aliphatic carbocycles. The van der Waals surface area contributed by atoms with Crippen LogP contribution in [0.15, 0.2) is 24.3 Å². The van der Waals surface area contributed by atoms with Gasteiger partial charge in [-0.1, -0.05) is 12.1 Å². The minimum atomic E-state index is 0.0122. The molecule has 2 N–H and O–H groups in total. The van der Waals surface area contributed by atoms with Crippen LogP contribution in [-0.2, 0) is 11.2 Å². The average molecular weight is 273 g/mol. The second kappa shape index (κ2) is 5.63. The summed E-state index contributed by atoms with van der Waals surface area (Å²) in [5.41, 5.74) is 1.94. The topological polar surface area (TPSA) is 69.2 Å². The van der Waals surface area contributed by atoms with Gasteiger partial charge in [-0.2, -0.15) is 0 Å². The van der Waals surface area contributed by atoms with Crippen molar-refractivity contribution in [1.82, 2.24) is 14.9 Å². The Labute approximate surface area is 117 Å². The number of carbonyl (C=O) groups excluding carboxylic acids is 1. The van der Waals surface area contributed by atoms with Gasteiger partial charge in [-0.25, -0.2) is 4.98 Å². The number of aromatic nitrogens is 2. The van der Waals surface area contributed by atoms with Gasteiger partial charge in [-0.3, -0.25) is 4.79 Å². The fourth-order valence-electron chi connectivity index (χ4n) is 2.85. The number of carbonyl (C=O) groups is 1. The first-order valence-corrected chi connectivity index (χ1v) is 7.12. The first-order valence-electron chi connectivity index (χ1n) is 7.12. The van der Waals surface area contributed by atoms with Crippen LogP contribution in [0.2, 0.25) is 0 Å². The number of nitrogens with zero attached hydrogens (tertiary/aromatic N) is 2. The second-order valence-electron chi connectivity index (χ2n) is 5.27. The summed E-state index contributed by atoms with van der Waals surface area (Å²) in [5, 5.41) is 9.25. The molecule has 1 saturated heterocycles. The monoisotopic (exact) mass is 273 g/mol. The summed E-state index contributed by atoms with van der Waals surface area (Å²) in [6, 6.07) is 7.87. The van der Waals surface area contributed by atoms with Crippen molar-refractivity contribution in [2.24, 2.45) is 0 Å². The maximum absolute atomic E-state index is 12.2. The Morgan fingerprint density at radius 3 is 3.10 bits per heavy atom. The van der Waals surface area contributed by atoms with Crippen LogP contribution < -0.4 is 0 Å². The number of aryl methyl sites for hydroxylation is 1. The first-order chi connectivity index (χ1) is 9.78. The predicted molar refractivity (Wildman–Crippen MR) is 76.2 cm³/mol. The SMILES string of the molecule is O=C(CCc1nc2ccccc2[nH]1)N1CCC[C@H]1CO. The van der Waals surface area contributed by atoms with E-state index in [0.29, 0.717) is 12.8 Å². The number of amides is 1. The lowest BCUT2D eigenvalue weighted by molar-refractivity contribution is -0.132. The molecule has 2 heterocycles. The van der Waals surface area contributed by atoms with E-state index in [1.54, 1.807) is 0 Å². The molecule has 5 heteroatoms. The third-order valence-electron chi connectivity index (χ3n) is 3.92. The molecular formula is C15H19N3O2. The van der Waals surface area contributed by atoms with Gasteiger partial charge in [0.2, 0.25) is 5.91 Å². The number of nitrogens with one attached hydrogen (secondary N) is 1. The lowest BCUT2D eigenvalue weighted by Crippen LogP contribution is -2.37. The predicted octanol–water partition coefficient (Wildman–Crippen LogP) is 1.48. The van der Waals surface area contributed by atoms with Crippen molar-refractivity contribution in [2.75, 3.05) is 13.2 Å². The van der Waals surface area contributed by atoms with Gasteiger partial charge in [0, 0.05) is 19.4 Å². The molecule has 1 aliphatic heterocycles. The number of benzene rings is 1. The summed E-state index contributed by atoms with van der Waals surface area (Å²) in [7, 11) is 0. The highest BCUT2D eigenvalue weighted by Gasteiger charge is 2.27. The number of fused-ring (bicyclic) bond motifs is 1. The summed E-state index contributed by atoms with van der Waals surface area (Å²) in [4.78, 5) is 21.7. The number of aromatic amines is 1. The Balaban J connectivity index is 1.62. The maximum atomic E-state index is 12.2. The van der Waals surface area contributed by atoms with Crippen molar-refractivity contribution in [3.63, 3.8) is 0 Å². The first kappa shape index (κ1) is 13.1. The molecule has 3 rings (SSSR count). The molecule has 0 saturated carbocycles. The van der Waals surface area contributed by atoms with Crippen LogP contribution in [0.1, 0.15) is 25.1 Å². The Hall–Kier alpha value is -1.88. The van der Waals surface area contributed by atoms with Gasteiger partial charge in [-0.05, 0) is 25.0 Å². The molecule has 1 atom stereocenters. The smallest absolute Gasteiger partial charge is 0.223 e. The van der Waals surface area contributed by atoms with E-state index in [2.05, 4.69) is 9.97 Å². The van der Waals surface area contributed by atoms with E-state index in [1.165, 1.54) is 0 Å². The van der Waals surface area contributed by atoms with E-state index in [-0.39, 0.29) is 18.6 Å². The number of para-hydroxylation sites is 2. The molecule has 1 amide bonds. The van der Waals surface area contributed by atoms with Crippen LogP contribution in [0.25, 0.3) is 11.0 Å². The van der Waals surface area contributed by atoms with Gasteiger partial charge >= 0.3 is 0 Å². The molecule has 0 bridgehead atoms. The molecule has 0 radical (unpaired) electrons. The summed E-state index contributed by atoms with van der Waals surface area (Å²) in [5.74, 6) is 0.960. The van der Waals surface area contributed by atoms with Crippen LogP contribution >= 0.6 is 0 Å². The van der Waals surface area contributed by atoms with Crippen molar-refractivity contribution in [2.45, 2.75) is 31.7 Å². The average Bonchev–Trinajstić information content (AvgIpc) is 3.10. The molecule has 2 aromatic rings. The summed E-state index contributed by atoms with van der Waals surface area (Å²) < 4.78 is 0. The molecule has 5 nitrogen and oxygen atoms in total. The zero-order chi connectivity index (χ0) is 13.9. The Morgan fingerprint density at radius 2 is 2.30 bits per heavy atom. The van der Waals surface area contributed by atoms with Gasteiger partial charge < -0.3 is 15.0 Å². The minimum absolute atomic E-state index is 0.0122. The van der Waals surface area contributed by atoms with E-state index < -0.39 is 0 Å². The number of aliphatic hydroxyl groups excluding tert-OH is 1. The number of aliphatic hydroxyl groups is 1. The lowest BCUT2D eigenvalue weighted by atomic mass is 10.2. The largest absolute Gasteiger partial charge is 0.394 e. The highest BCUT2D eigenvalue weighted by atomic mass is 16.3. The van der Waals surface area contributed by atoms with E-state index in [0.717, 1.165) is 36.2 Å². The van der Waals surface area contributed by atoms with Crippen LogP contribution in [0.5, 0.6) is 0 Å².